The molecule has 96 valence electrons. The molecule has 1 amide bonds. The minimum atomic E-state index is -0.605. The van der Waals surface area contributed by atoms with Gasteiger partial charge in [0.25, 0.3) is 5.91 Å². The van der Waals surface area contributed by atoms with Crippen LogP contribution in [0.1, 0.15) is 28.8 Å². The van der Waals surface area contributed by atoms with E-state index < -0.39 is 5.60 Å². The van der Waals surface area contributed by atoms with Gasteiger partial charge in [-0.3, -0.25) is 4.79 Å². The highest BCUT2D eigenvalue weighted by atomic mass is 79.9. The Balaban J connectivity index is 1.74. The van der Waals surface area contributed by atoms with Crippen LogP contribution in [-0.4, -0.2) is 34.6 Å². The summed E-state index contributed by atoms with van der Waals surface area (Å²) >= 11 is 3.46. The number of nitrogens with zero attached hydrogens (tertiary/aromatic N) is 1. The van der Waals surface area contributed by atoms with Crippen LogP contribution in [0.2, 0.25) is 0 Å². The highest BCUT2D eigenvalue weighted by molar-refractivity contribution is 9.10. The lowest BCUT2D eigenvalue weighted by Gasteiger charge is -2.47. The van der Waals surface area contributed by atoms with Crippen LogP contribution >= 0.6 is 15.9 Å². The summed E-state index contributed by atoms with van der Waals surface area (Å²) in [6.07, 6.45) is 2.21. The van der Waals surface area contributed by atoms with Crippen LogP contribution in [-0.2, 0) is 0 Å². The molecule has 0 atom stereocenters. The molecule has 1 aliphatic carbocycles. The van der Waals surface area contributed by atoms with E-state index in [1.807, 2.05) is 25.1 Å². The van der Waals surface area contributed by atoms with E-state index >= 15 is 0 Å². The van der Waals surface area contributed by atoms with Crippen molar-refractivity contribution in [1.82, 2.24) is 4.90 Å². The molecule has 1 N–H and O–H groups in total. The van der Waals surface area contributed by atoms with Crippen LogP contribution in [0.4, 0.5) is 0 Å². The minimum Gasteiger partial charge on any atom is -0.386 e. The van der Waals surface area contributed by atoms with E-state index in [1.54, 1.807) is 4.90 Å². The molecule has 2 aliphatic rings. The lowest BCUT2D eigenvalue weighted by Crippen LogP contribution is -2.64. The van der Waals surface area contributed by atoms with E-state index in [9.17, 15) is 9.90 Å². The SMILES string of the molecule is Cc1cccc(C(=O)N2CC(O)(C3CC3)C2)c1Br. The molecule has 1 saturated carbocycles. The van der Waals surface area contributed by atoms with Gasteiger partial charge >= 0.3 is 0 Å². The summed E-state index contributed by atoms with van der Waals surface area (Å²) < 4.78 is 0.858. The predicted molar refractivity (Wildman–Crippen MR) is 72.5 cm³/mol. The third-order valence-electron chi connectivity index (χ3n) is 3.98. The summed E-state index contributed by atoms with van der Waals surface area (Å²) in [7, 11) is 0. The van der Waals surface area contributed by atoms with E-state index in [2.05, 4.69) is 15.9 Å². The number of benzene rings is 1. The fourth-order valence-corrected chi connectivity index (χ4v) is 3.05. The van der Waals surface area contributed by atoms with Gasteiger partial charge in [-0.2, -0.15) is 0 Å². The normalized spacial score (nSPS) is 21.6. The molecule has 0 unspecified atom stereocenters. The van der Waals surface area contributed by atoms with E-state index in [4.69, 9.17) is 0 Å². The topological polar surface area (TPSA) is 40.5 Å². The van der Waals surface area contributed by atoms with Crippen LogP contribution in [0, 0.1) is 12.8 Å². The van der Waals surface area contributed by atoms with Gasteiger partial charge < -0.3 is 10.0 Å². The molecule has 1 saturated heterocycles. The lowest BCUT2D eigenvalue weighted by molar-refractivity contribution is -0.0958. The fraction of sp³-hybridized carbons (Fsp3) is 0.500. The Kier molecular flexibility index (Phi) is 2.75. The third-order valence-corrected chi connectivity index (χ3v) is 5.03. The molecule has 1 heterocycles. The maximum atomic E-state index is 12.3. The summed E-state index contributed by atoms with van der Waals surface area (Å²) in [5.41, 5.74) is 1.14. The number of likely N-dealkylation sites (tertiary alicyclic amines) is 1. The number of halogens is 1. The number of β-amino-alcohol motifs (C(OH)–C–C–N with tert-alkyl or cyclic N) is 1. The van der Waals surface area contributed by atoms with Gasteiger partial charge in [0.2, 0.25) is 0 Å². The van der Waals surface area contributed by atoms with Crippen LogP contribution in [0.15, 0.2) is 22.7 Å². The molecule has 4 heteroatoms. The Labute approximate surface area is 115 Å². The molecule has 3 nitrogen and oxygen atoms in total. The first kappa shape index (κ1) is 12.2. The molecule has 3 rings (SSSR count). The Morgan fingerprint density at radius 1 is 1.44 bits per heavy atom. The average molecular weight is 310 g/mol. The molecule has 1 aromatic carbocycles. The number of aryl methyl sites for hydroxylation is 1. The van der Waals surface area contributed by atoms with Crippen molar-refractivity contribution in [2.75, 3.05) is 13.1 Å². The smallest absolute Gasteiger partial charge is 0.255 e. The Bertz CT molecular complexity index is 505. The van der Waals surface area contributed by atoms with Crippen molar-refractivity contribution in [3.05, 3.63) is 33.8 Å². The Hall–Kier alpha value is -0.870. The number of carbonyl (C=O) groups is 1. The molecule has 0 spiro atoms. The first-order valence-electron chi connectivity index (χ1n) is 6.28. The average Bonchev–Trinajstić information content (AvgIpc) is 3.12. The van der Waals surface area contributed by atoms with Gasteiger partial charge in [0.1, 0.15) is 5.60 Å². The van der Waals surface area contributed by atoms with Gasteiger partial charge in [-0.1, -0.05) is 12.1 Å². The number of hydrogen-bond donors (Lipinski definition) is 1. The van der Waals surface area contributed by atoms with Gasteiger partial charge in [0.15, 0.2) is 0 Å². The second kappa shape index (κ2) is 4.07. The van der Waals surface area contributed by atoms with Crippen molar-refractivity contribution < 1.29 is 9.90 Å². The van der Waals surface area contributed by atoms with Crippen molar-refractivity contribution in [3.8, 4) is 0 Å². The van der Waals surface area contributed by atoms with Gasteiger partial charge in [-0.05, 0) is 53.2 Å². The summed E-state index contributed by atoms with van der Waals surface area (Å²) in [4.78, 5) is 14.0. The summed E-state index contributed by atoms with van der Waals surface area (Å²) in [5.74, 6) is 0.429. The summed E-state index contributed by atoms with van der Waals surface area (Å²) in [5, 5.41) is 10.2. The lowest BCUT2D eigenvalue weighted by atomic mass is 9.88. The van der Waals surface area contributed by atoms with E-state index in [1.165, 1.54) is 0 Å². The van der Waals surface area contributed by atoms with Crippen LogP contribution in [0.5, 0.6) is 0 Å². The zero-order valence-electron chi connectivity index (χ0n) is 10.3. The number of aliphatic hydroxyl groups is 1. The van der Waals surface area contributed by atoms with Crippen molar-refractivity contribution in [1.29, 1.82) is 0 Å². The second-order valence-corrected chi connectivity index (χ2v) is 6.27. The monoisotopic (exact) mass is 309 g/mol. The Morgan fingerprint density at radius 3 is 2.72 bits per heavy atom. The zero-order valence-corrected chi connectivity index (χ0v) is 11.9. The second-order valence-electron chi connectivity index (χ2n) is 5.48. The standard InChI is InChI=1S/C14H16BrNO2/c1-9-3-2-4-11(12(9)15)13(17)16-7-14(18,8-16)10-5-6-10/h2-4,10,18H,5-8H2,1H3. The maximum Gasteiger partial charge on any atom is 0.255 e. The quantitative estimate of drug-likeness (QED) is 0.911. The zero-order chi connectivity index (χ0) is 12.9. The van der Waals surface area contributed by atoms with Crippen LogP contribution < -0.4 is 0 Å². The van der Waals surface area contributed by atoms with Crippen molar-refractivity contribution in [2.24, 2.45) is 5.92 Å². The fourth-order valence-electron chi connectivity index (χ4n) is 2.62. The molecule has 0 aromatic heterocycles. The van der Waals surface area contributed by atoms with Gasteiger partial charge in [0, 0.05) is 4.47 Å². The maximum absolute atomic E-state index is 12.3. The molecular weight excluding hydrogens is 294 g/mol. The summed E-state index contributed by atoms with van der Waals surface area (Å²) in [6.45, 7) is 2.94. The predicted octanol–water partition coefficient (Wildman–Crippen LogP) is 2.35. The number of carbonyl (C=O) groups excluding carboxylic acids is 1. The molecule has 18 heavy (non-hydrogen) atoms. The van der Waals surface area contributed by atoms with Crippen LogP contribution in [0.3, 0.4) is 0 Å². The van der Waals surface area contributed by atoms with Crippen molar-refractivity contribution in [3.63, 3.8) is 0 Å². The molecule has 1 aliphatic heterocycles. The number of amides is 1. The first-order chi connectivity index (χ1) is 8.51. The molecule has 2 fully saturated rings. The number of hydrogen-bond acceptors (Lipinski definition) is 2. The van der Waals surface area contributed by atoms with Gasteiger partial charge in [-0.25, -0.2) is 0 Å². The van der Waals surface area contributed by atoms with Gasteiger partial charge in [0.05, 0.1) is 18.7 Å². The first-order valence-corrected chi connectivity index (χ1v) is 7.07. The molecule has 1 aromatic rings. The number of rotatable bonds is 2. The van der Waals surface area contributed by atoms with Crippen molar-refractivity contribution in [2.45, 2.75) is 25.4 Å². The molecule has 0 radical (unpaired) electrons. The Morgan fingerprint density at radius 2 is 2.11 bits per heavy atom. The molecule has 0 bridgehead atoms. The van der Waals surface area contributed by atoms with Gasteiger partial charge in [-0.15, -0.1) is 0 Å². The highest BCUT2D eigenvalue weighted by Gasteiger charge is 2.53. The van der Waals surface area contributed by atoms with E-state index in [-0.39, 0.29) is 5.91 Å². The summed E-state index contributed by atoms with van der Waals surface area (Å²) in [6, 6.07) is 5.69. The molecular formula is C14H16BrNO2. The van der Waals surface area contributed by atoms with Crippen molar-refractivity contribution >= 4 is 21.8 Å². The van der Waals surface area contributed by atoms with E-state index in [0.29, 0.717) is 24.6 Å². The largest absolute Gasteiger partial charge is 0.386 e. The van der Waals surface area contributed by atoms with Crippen LogP contribution in [0.25, 0.3) is 0 Å². The van der Waals surface area contributed by atoms with E-state index in [0.717, 1.165) is 22.9 Å². The third kappa shape index (κ3) is 1.88. The highest BCUT2D eigenvalue weighted by Crippen LogP contribution is 2.45. The minimum absolute atomic E-state index is 0.0101.